The van der Waals surface area contributed by atoms with Gasteiger partial charge in [0.1, 0.15) is 10.8 Å². The number of carbonyl (C=O) groups is 3. The van der Waals surface area contributed by atoms with Crippen LogP contribution in [0.25, 0.3) is 11.3 Å². The summed E-state index contributed by atoms with van der Waals surface area (Å²) in [5.74, 6) is 0.359. The quantitative estimate of drug-likeness (QED) is 0.689. The number of anilines is 1. The van der Waals surface area contributed by atoms with Crippen LogP contribution in [-0.4, -0.2) is 47.7 Å². The van der Waals surface area contributed by atoms with Crippen LogP contribution in [0.3, 0.4) is 0 Å². The van der Waals surface area contributed by atoms with Gasteiger partial charge in [-0.2, -0.15) is 0 Å². The van der Waals surface area contributed by atoms with Crippen molar-refractivity contribution in [3.8, 4) is 11.3 Å². The Morgan fingerprint density at radius 3 is 2.67 bits per heavy atom. The molecule has 0 saturated heterocycles. The molecule has 0 atom stereocenters. The Labute approximate surface area is 176 Å². The van der Waals surface area contributed by atoms with Crippen molar-refractivity contribution in [3.05, 3.63) is 64.2 Å². The van der Waals surface area contributed by atoms with Gasteiger partial charge in [0.25, 0.3) is 11.8 Å². The first-order chi connectivity index (χ1) is 14.5. The van der Waals surface area contributed by atoms with Crippen LogP contribution in [0.15, 0.2) is 47.1 Å². The third-order valence-electron chi connectivity index (χ3n) is 5.48. The van der Waals surface area contributed by atoms with Crippen LogP contribution < -0.4 is 5.32 Å². The van der Waals surface area contributed by atoms with Crippen LogP contribution in [0.4, 0.5) is 5.00 Å². The van der Waals surface area contributed by atoms with E-state index in [1.54, 1.807) is 30.3 Å². The largest absolute Gasteiger partial charge is 0.464 e. The lowest BCUT2D eigenvalue weighted by molar-refractivity contribution is -0.116. The molecule has 3 aromatic rings. The monoisotopic (exact) mass is 421 g/mol. The van der Waals surface area contributed by atoms with Crippen LogP contribution >= 0.6 is 11.3 Å². The molecule has 0 fully saturated rings. The lowest BCUT2D eigenvalue weighted by Crippen LogP contribution is -2.36. The van der Waals surface area contributed by atoms with Crippen LogP contribution in [0.1, 0.15) is 31.2 Å². The minimum absolute atomic E-state index is 0.0492. The second kappa shape index (κ2) is 7.14. The van der Waals surface area contributed by atoms with Gasteiger partial charge in [0, 0.05) is 29.6 Å². The highest BCUT2D eigenvalue weighted by Crippen LogP contribution is 2.39. The fourth-order valence-corrected chi connectivity index (χ4v) is 5.21. The van der Waals surface area contributed by atoms with Gasteiger partial charge in [0.05, 0.1) is 24.9 Å². The molecule has 2 aliphatic rings. The fraction of sp³-hybridized carbons (Fsp3) is 0.227. The SMILES string of the molecule is CN1CC(=O)Nc2sc3c(c2C1=O)CCN(C(=O)c1ccc(-c2ccco2)cc1)C3. The molecule has 8 heteroatoms. The molecular weight excluding hydrogens is 402 g/mol. The summed E-state index contributed by atoms with van der Waals surface area (Å²) in [5, 5.41) is 3.43. The van der Waals surface area contributed by atoms with Crippen LogP contribution in [0.5, 0.6) is 0 Å². The van der Waals surface area contributed by atoms with Crippen molar-refractivity contribution in [1.29, 1.82) is 0 Å². The first-order valence-corrected chi connectivity index (χ1v) is 10.5. The maximum absolute atomic E-state index is 13.0. The molecule has 5 rings (SSSR count). The Morgan fingerprint density at radius 2 is 1.93 bits per heavy atom. The van der Waals surface area contributed by atoms with Gasteiger partial charge >= 0.3 is 0 Å². The molecule has 0 spiro atoms. The van der Waals surface area contributed by atoms with Crippen LogP contribution in [0, 0.1) is 0 Å². The average Bonchev–Trinajstić information content (AvgIpc) is 3.38. The lowest BCUT2D eigenvalue weighted by atomic mass is 10.0. The highest BCUT2D eigenvalue weighted by Gasteiger charge is 2.34. The number of thiophene rings is 1. The van der Waals surface area contributed by atoms with E-state index in [0.717, 1.165) is 21.8 Å². The first-order valence-electron chi connectivity index (χ1n) is 9.64. The van der Waals surface area contributed by atoms with Crippen molar-refractivity contribution >= 4 is 34.1 Å². The van der Waals surface area contributed by atoms with Gasteiger partial charge in [-0.25, -0.2) is 0 Å². The zero-order valence-corrected chi connectivity index (χ0v) is 17.1. The summed E-state index contributed by atoms with van der Waals surface area (Å²) in [6.07, 6.45) is 2.21. The topological polar surface area (TPSA) is 82.9 Å². The predicted octanol–water partition coefficient (Wildman–Crippen LogP) is 3.23. The number of carbonyl (C=O) groups excluding carboxylic acids is 3. The van der Waals surface area contributed by atoms with E-state index in [-0.39, 0.29) is 24.3 Å². The maximum Gasteiger partial charge on any atom is 0.257 e. The Bertz CT molecular complexity index is 1150. The van der Waals surface area contributed by atoms with Gasteiger partial charge in [-0.1, -0.05) is 12.1 Å². The summed E-state index contributed by atoms with van der Waals surface area (Å²) < 4.78 is 5.39. The number of fused-ring (bicyclic) bond motifs is 3. The third kappa shape index (κ3) is 3.09. The molecule has 152 valence electrons. The Balaban J connectivity index is 1.38. The second-order valence-corrected chi connectivity index (χ2v) is 8.55. The van der Waals surface area contributed by atoms with Crippen molar-refractivity contribution in [2.45, 2.75) is 13.0 Å². The minimum Gasteiger partial charge on any atom is -0.464 e. The Hall–Kier alpha value is -3.39. The molecule has 4 heterocycles. The fourth-order valence-electron chi connectivity index (χ4n) is 3.94. The summed E-state index contributed by atoms with van der Waals surface area (Å²) in [6, 6.07) is 11.1. The molecule has 2 aliphatic heterocycles. The number of hydrogen-bond donors (Lipinski definition) is 1. The van der Waals surface area contributed by atoms with Crippen molar-refractivity contribution in [2.75, 3.05) is 25.5 Å². The molecule has 30 heavy (non-hydrogen) atoms. The number of hydrogen-bond acceptors (Lipinski definition) is 5. The lowest BCUT2D eigenvalue weighted by Gasteiger charge is -2.27. The highest BCUT2D eigenvalue weighted by molar-refractivity contribution is 7.17. The minimum atomic E-state index is -0.201. The van der Waals surface area contributed by atoms with Gasteiger partial charge in [0.15, 0.2) is 0 Å². The first kappa shape index (κ1) is 18.6. The standard InChI is InChI=1S/C22H19N3O4S/c1-24-12-18(26)23-20-19(22(24)28)15-8-9-25(11-17(15)30-20)21(27)14-6-4-13(5-7-14)16-3-2-10-29-16/h2-7,10H,8-9,11-12H2,1H3,(H,23,26). The second-order valence-electron chi connectivity index (χ2n) is 7.45. The van der Waals surface area contributed by atoms with Crippen LogP contribution in [0.2, 0.25) is 0 Å². The van der Waals surface area contributed by atoms with Gasteiger partial charge in [-0.05, 0) is 36.2 Å². The number of furan rings is 1. The molecule has 0 bridgehead atoms. The van der Waals surface area contributed by atoms with E-state index >= 15 is 0 Å². The number of amides is 3. The van der Waals surface area contributed by atoms with Crippen molar-refractivity contribution < 1.29 is 18.8 Å². The molecule has 1 aromatic carbocycles. The Kier molecular flexibility index (Phi) is 4.43. The van der Waals surface area contributed by atoms with Gasteiger partial charge in [-0.15, -0.1) is 11.3 Å². The molecule has 0 aliphatic carbocycles. The smallest absolute Gasteiger partial charge is 0.257 e. The molecule has 2 aromatic heterocycles. The third-order valence-corrected chi connectivity index (χ3v) is 6.61. The highest BCUT2D eigenvalue weighted by atomic mass is 32.1. The number of rotatable bonds is 2. The number of nitrogens with zero attached hydrogens (tertiary/aromatic N) is 2. The molecular formula is C22H19N3O4S. The van der Waals surface area contributed by atoms with Crippen molar-refractivity contribution in [1.82, 2.24) is 9.80 Å². The summed E-state index contributed by atoms with van der Waals surface area (Å²) >= 11 is 1.39. The van der Waals surface area contributed by atoms with E-state index in [9.17, 15) is 14.4 Å². The zero-order chi connectivity index (χ0) is 20.8. The van der Waals surface area contributed by atoms with Gasteiger partial charge in [-0.3, -0.25) is 14.4 Å². The summed E-state index contributed by atoms with van der Waals surface area (Å²) in [4.78, 5) is 42.0. The summed E-state index contributed by atoms with van der Waals surface area (Å²) in [6.45, 7) is 1.01. The Morgan fingerprint density at radius 1 is 1.13 bits per heavy atom. The number of likely N-dealkylation sites (N-methyl/N-ethyl adjacent to an activating group) is 1. The summed E-state index contributed by atoms with van der Waals surface area (Å²) in [7, 11) is 1.63. The van der Waals surface area contributed by atoms with Crippen molar-refractivity contribution in [2.24, 2.45) is 0 Å². The molecule has 0 saturated carbocycles. The average molecular weight is 421 g/mol. The van der Waals surface area contributed by atoms with E-state index in [1.807, 2.05) is 24.3 Å². The zero-order valence-electron chi connectivity index (χ0n) is 16.3. The summed E-state index contributed by atoms with van der Waals surface area (Å²) in [5.41, 5.74) is 3.05. The normalized spacial score (nSPS) is 16.0. The predicted molar refractivity (Wildman–Crippen MR) is 112 cm³/mol. The van der Waals surface area contributed by atoms with E-state index in [4.69, 9.17) is 4.42 Å². The van der Waals surface area contributed by atoms with Crippen LogP contribution in [-0.2, 0) is 17.8 Å². The van der Waals surface area contributed by atoms with E-state index in [0.29, 0.717) is 35.6 Å². The van der Waals surface area contributed by atoms with Gasteiger partial charge < -0.3 is 19.5 Å². The maximum atomic E-state index is 13.0. The number of benzene rings is 1. The molecule has 0 unspecified atom stereocenters. The van der Waals surface area contributed by atoms with E-state index < -0.39 is 0 Å². The molecule has 0 radical (unpaired) electrons. The molecule has 1 N–H and O–H groups in total. The number of nitrogens with one attached hydrogen (secondary N) is 1. The van der Waals surface area contributed by atoms with Gasteiger partial charge in [0.2, 0.25) is 5.91 Å². The van der Waals surface area contributed by atoms with E-state index in [1.165, 1.54) is 16.2 Å². The molecule has 7 nitrogen and oxygen atoms in total. The van der Waals surface area contributed by atoms with E-state index in [2.05, 4.69) is 5.32 Å². The van der Waals surface area contributed by atoms with Crippen molar-refractivity contribution in [3.63, 3.8) is 0 Å². The molecule has 3 amide bonds.